The summed E-state index contributed by atoms with van der Waals surface area (Å²) in [5, 5.41) is 1.12. The van der Waals surface area contributed by atoms with Crippen molar-refractivity contribution in [3.05, 3.63) is 57.8 Å². The van der Waals surface area contributed by atoms with Crippen LogP contribution in [0.2, 0.25) is 10.0 Å². The van der Waals surface area contributed by atoms with E-state index in [4.69, 9.17) is 33.7 Å². The second-order valence-electron chi connectivity index (χ2n) is 3.80. The molecular weight excluding hydrogens is 271 g/mol. The average molecular weight is 283 g/mol. The molecule has 3 nitrogen and oxygen atoms in total. The van der Waals surface area contributed by atoms with E-state index in [0.717, 1.165) is 11.1 Å². The van der Waals surface area contributed by atoms with Gasteiger partial charge in [0.2, 0.25) is 0 Å². The average Bonchev–Trinajstić information content (AvgIpc) is 2.38. The molecule has 0 aliphatic carbocycles. The van der Waals surface area contributed by atoms with Crippen molar-refractivity contribution in [3.63, 3.8) is 0 Å². The van der Waals surface area contributed by atoms with Gasteiger partial charge in [0.1, 0.15) is 5.75 Å². The van der Waals surface area contributed by atoms with Gasteiger partial charge in [-0.2, -0.15) is 0 Å². The Bertz CT molecular complexity index is 560. The van der Waals surface area contributed by atoms with Crippen LogP contribution in [0.5, 0.6) is 5.75 Å². The van der Waals surface area contributed by atoms with Crippen molar-refractivity contribution in [2.75, 3.05) is 7.11 Å². The van der Waals surface area contributed by atoms with Crippen LogP contribution < -0.4 is 10.5 Å². The van der Waals surface area contributed by atoms with Crippen molar-refractivity contribution < 1.29 is 4.74 Å². The Labute approximate surface area is 115 Å². The van der Waals surface area contributed by atoms with E-state index in [2.05, 4.69) is 4.98 Å². The van der Waals surface area contributed by atoms with Gasteiger partial charge >= 0.3 is 0 Å². The number of nitrogens with two attached hydrogens (primary N) is 1. The van der Waals surface area contributed by atoms with E-state index in [1.807, 2.05) is 12.1 Å². The largest absolute Gasteiger partial charge is 0.495 e. The van der Waals surface area contributed by atoms with Crippen molar-refractivity contribution in [3.8, 4) is 5.75 Å². The highest BCUT2D eigenvalue weighted by atomic mass is 35.5. The van der Waals surface area contributed by atoms with Gasteiger partial charge in [0.05, 0.1) is 19.3 Å². The molecule has 1 unspecified atom stereocenters. The summed E-state index contributed by atoms with van der Waals surface area (Å²) >= 11 is 12.0. The number of aromatic nitrogens is 1. The fourth-order valence-corrected chi connectivity index (χ4v) is 2.18. The number of nitrogens with zero attached hydrogens (tertiary/aromatic N) is 1. The molecule has 1 atom stereocenters. The van der Waals surface area contributed by atoms with Crippen LogP contribution in [0, 0.1) is 0 Å². The topological polar surface area (TPSA) is 48.1 Å². The summed E-state index contributed by atoms with van der Waals surface area (Å²) < 4.78 is 5.12. The maximum absolute atomic E-state index is 6.17. The minimum atomic E-state index is -0.364. The van der Waals surface area contributed by atoms with E-state index in [-0.39, 0.29) is 6.04 Å². The maximum Gasteiger partial charge on any atom is 0.137 e. The smallest absolute Gasteiger partial charge is 0.137 e. The SMILES string of the molecule is COc1cncc(C(N)c2ccc(Cl)cc2Cl)c1. The number of hydrogen-bond donors (Lipinski definition) is 1. The predicted molar refractivity (Wildman–Crippen MR) is 73.3 cm³/mol. The van der Waals surface area contributed by atoms with Gasteiger partial charge in [-0.25, -0.2) is 0 Å². The molecule has 2 rings (SSSR count). The Hall–Kier alpha value is -1.29. The summed E-state index contributed by atoms with van der Waals surface area (Å²) in [5.74, 6) is 0.660. The van der Waals surface area contributed by atoms with Crippen molar-refractivity contribution >= 4 is 23.2 Å². The summed E-state index contributed by atoms with van der Waals surface area (Å²) in [6.45, 7) is 0. The van der Waals surface area contributed by atoms with Crippen LogP contribution in [0.4, 0.5) is 0 Å². The molecule has 2 aromatic rings. The van der Waals surface area contributed by atoms with Crippen LogP contribution >= 0.6 is 23.2 Å². The Kier molecular flexibility index (Phi) is 4.07. The first-order valence-electron chi connectivity index (χ1n) is 5.31. The highest BCUT2D eigenvalue weighted by molar-refractivity contribution is 6.35. The molecule has 1 heterocycles. The fraction of sp³-hybridized carbons (Fsp3) is 0.154. The molecule has 0 amide bonds. The molecule has 0 bridgehead atoms. The molecule has 0 aliphatic rings. The normalized spacial score (nSPS) is 12.2. The number of pyridine rings is 1. The monoisotopic (exact) mass is 282 g/mol. The first kappa shape index (κ1) is 13.1. The third-order valence-corrected chi connectivity index (χ3v) is 3.19. The summed E-state index contributed by atoms with van der Waals surface area (Å²) in [4.78, 5) is 4.08. The van der Waals surface area contributed by atoms with Gasteiger partial charge < -0.3 is 10.5 Å². The highest BCUT2D eigenvalue weighted by Crippen LogP contribution is 2.29. The van der Waals surface area contributed by atoms with Crippen molar-refractivity contribution in [2.45, 2.75) is 6.04 Å². The van der Waals surface area contributed by atoms with Crippen LogP contribution in [-0.4, -0.2) is 12.1 Å². The minimum absolute atomic E-state index is 0.364. The molecule has 94 valence electrons. The van der Waals surface area contributed by atoms with Crippen molar-refractivity contribution in [1.82, 2.24) is 4.98 Å². The number of benzene rings is 1. The zero-order valence-electron chi connectivity index (χ0n) is 9.73. The molecule has 2 N–H and O–H groups in total. The summed E-state index contributed by atoms with van der Waals surface area (Å²) in [7, 11) is 1.58. The molecule has 1 aromatic carbocycles. The quantitative estimate of drug-likeness (QED) is 0.938. The molecule has 0 aliphatic heterocycles. The van der Waals surface area contributed by atoms with E-state index in [9.17, 15) is 0 Å². The zero-order chi connectivity index (χ0) is 13.1. The van der Waals surface area contributed by atoms with Gasteiger partial charge in [0, 0.05) is 16.2 Å². The molecule has 0 fully saturated rings. The van der Waals surface area contributed by atoms with E-state index in [1.165, 1.54) is 0 Å². The Morgan fingerprint density at radius 2 is 2.00 bits per heavy atom. The van der Waals surface area contributed by atoms with Gasteiger partial charge in [-0.05, 0) is 29.3 Å². The number of rotatable bonds is 3. The highest BCUT2D eigenvalue weighted by Gasteiger charge is 2.13. The summed E-state index contributed by atoms with van der Waals surface area (Å²) in [5.41, 5.74) is 7.80. The summed E-state index contributed by atoms with van der Waals surface area (Å²) in [6.07, 6.45) is 3.32. The predicted octanol–water partition coefficient (Wildman–Crippen LogP) is 3.45. The van der Waals surface area contributed by atoms with Crippen molar-refractivity contribution in [2.24, 2.45) is 5.73 Å². The number of halogens is 2. The van der Waals surface area contributed by atoms with E-state index in [0.29, 0.717) is 15.8 Å². The van der Waals surface area contributed by atoms with Gasteiger partial charge in [-0.15, -0.1) is 0 Å². The Morgan fingerprint density at radius 1 is 1.22 bits per heavy atom. The standard InChI is InChI=1S/C13H12Cl2N2O/c1-18-10-4-8(6-17-7-10)13(16)11-3-2-9(14)5-12(11)15/h2-7,13H,16H2,1H3. The lowest BCUT2D eigenvalue weighted by Gasteiger charge is -2.14. The van der Waals surface area contributed by atoms with Crippen molar-refractivity contribution in [1.29, 1.82) is 0 Å². The lowest BCUT2D eigenvalue weighted by Crippen LogP contribution is -2.12. The van der Waals surface area contributed by atoms with Crippen LogP contribution in [0.15, 0.2) is 36.7 Å². The molecule has 0 spiro atoms. The molecule has 1 aromatic heterocycles. The number of ether oxygens (including phenoxy) is 1. The molecule has 0 saturated heterocycles. The first-order valence-corrected chi connectivity index (χ1v) is 6.07. The summed E-state index contributed by atoms with van der Waals surface area (Å²) in [6, 6.07) is 6.72. The van der Waals surface area contributed by atoms with Gasteiger partial charge in [0.25, 0.3) is 0 Å². The third-order valence-electron chi connectivity index (χ3n) is 2.63. The number of methoxy groups -OCH3 is 1. The van der Waals surface area contributed by atoms with Crippen LogP contribution in [0.1, 0.15) is 17.2 Å². The van der Waals surface area contributed by atoms with Crippen LogP contribution in [0.3, 0.4) is 0 Å². The first-order chi connectivity index (χ1) is 8.61. The van der Waals surface area contributed by atoms with Crippen LogP contribution in [-0.2, 0) is 0 Å². The fourth-order valence-electron chi connectivity index (χ4n) is 1.65. The molecule has 0 saturated carbocycles. The third kappa shape index (κ3) is 2.75. The van der Waals surface area contributed by atoms with Gasteiger partial charge in [0.15, 0.2) is 0 Å². The maximum atomic E-state index is 6.17. The lowest BCUT2D eigenvalue weighted by molar-refractivity contribution is 0.412. The van der Waals surface area contributed by atoms with E-state index >= 15 is 0 Å². The Morgan fingerprint density at radius 3 is 2.67 bits per heavy atom. The van der Waals surface area contributed by atoms with Crippen LogP contribution in [0.25, 0.3) is 0 Å². The second kappa shape index (κ2) is 5.57. The van der Waals surface area contributed by atoms with Gasteiger partial charge in [-0.1, -0.05) is 29.3 Å². The second-order valence-corrected chi connectivity index (χ2v) is 4.65. The molecule has 18 heavy (non-hydrogen) atoms. The van der Waals surface area contributed by atoms with Gasteiger partial charge in [-0.3, -0.25) is 4.98 Å². The zero-order valence-corrected chi connectivity index (χ0v) is 11.2. The minimum Gasteiger partial charge on any atom is -0.495 e. The lowest BCUT2D eigenvalue weighted by atomic mass is 10.0. The molecule has 0 radical (unpaired) electrons. The van der Waals surface area contributed by atoms with E-state index < -0.39 is 0 Å². The molecular formula is C13H12Cl2N2O. The number of hydrogen-bond acceptors (Lipinski definition) is 3. The molecule has 5 heteroatoms. The Balaban J connectivity index is 2.37. The van der Waals surface area contributed by atoms with E-state index in [1.54, 1.807) is 31.6 Å².